The fourth-order valence-corrected chi connectivity index (χ4v) is 3.28. The number of piperidine rings is 1. The average Bonchev–Trinajstić information content (AvgIpc) is 2.49. The molecule has 1 saturated heterocycles. The minimum atomic E-state index is -0.924. The van der Waals surface area contributed by atoms with Gasteiger partial charge >= 0.3 is 5.97 Å². The zero-order chi connectivity index (χ0) is 15.2. The quantitative estimate of drug-likeness (QED) is 0.908. The van der Waals surface area contributed by atoms with E-state index in [9.17, 15) is 14.0 Å². The minimum absolute atomic E-state index is 0.130. The van der Waals surface area contributed by atoms with Gasteiger partial charge in [-0.2, -0.15) is 0 Å². The second kappa shape index (κ2) is 7.45. The van der Waals surface area contributed by atoms with Crippen LogP contribution in [0, 0.1) is 5.82 Å². The Morgan fingerprint density at radius 3 is 2.67 bits per heavy atom. The second-order valence-electron chi connectivity index (χ2n) is 5.06. The van der Waals surface area contributed by atoms with Gasteiger partial charge in [-0.3, -0.25) is 4.79 Å². The van der Waals surface area contributed by atoms with Gasteiger partial charge in [0.1, 0.15) is 11.9 Å². The van der Waals surface area contributed by atoms with Crippen LogP contribution in [0.2, 0.25) is 0 Å². The van der Waals surface area contributed by atoms with Crippen LogP contribution >= 0.6 is 11.8 Å². The summed E-state index contributed by atoms with van der Waals surface area (Å²) in [5, 5.41) is 9.15. The number of rotatable bonds is 5. The molecule has 0 aromatic heterocycles. The van der Waals surface area contributed by atoms with E-state index in [2.05, 4.69) is 0 Å². The standard InChI is InChI=1S/C15H18FNO3S/c16-12-6-4-11(5-7-12)9-21-10-14(18)17-8-2-1-3-13(17)15(19)20/h4-7,13H,1-3,8-10H2,(H,19,20)/t13-/m1/s1. The van der Waals surface area contributed by atoms with Crippen molar-refractivity contribution in [3.63, 3.8) is 0 Å². The average molecular weight is 311 g/mol. The number of carbonyl (C=O) groups excluding carboxylic acids is 1. The van der Waals surface area contributed by atoms with E-state index in [-0.39, 0.29) is 17.5 Å². The number of thioether (sulfide) groups is 1. The van der Waals surface area contributed by atoms with E-state index in [1.165, 1.54) is 28.8 Å². The first-order chi connectivity index (χ1) is 10.1. The number of hydrogen-bond donors (Lipinski definition) is 1. The highest BCUT2D eigenvalue weighted by Gasteiger charge is 2.31. The number of halogens is 1. The van der Waals surface area contributed by atoms with Gasteiger partial charge < -0.3 is 10.0 Å². The van der Waals surface area contributed by atoms with Crippen LogP contribution in [0.1, 0.15) is 24.8 Å². The third-order valence-electron chi connectivity index (χ3n) is 3.52. The number of likely N-dealkylation sites (tertiary alicyclic amines) is 1. The van der Waals surface area contributed by atoms with Crippen molar-refractivity contribution in [3.8, 4) is 0 Å². The normalized spacial score (nSPS) is 18.5. The number of carboxylic acid groups (broad SMARTS) is 1. The molecule has 1 fully saturated rings. The maximum Gasteiger partial charge on any atom is 0.326 e. The number of carboxylic acids is 1. The molecule has 1 N–H and O–H groups in total. The fraction of sp³-hybridized carbons (Fsp3) is 0.467. The molecule has 6 heteroatoms. The van der Waals surface area contributed by atoms with E-state index < -0.39 is 12.0 Å². The molecule has 0 spiro atoms. The number of carbonyl (C=O) groups is 2. The Morgan fingerprint density at radius 2 is 2.00 bits per heavy atom. The van der Waals surface area contributed by atoms with Crippen molar-refractivity contribution >= 4 is 23.6 Å². The molecule has 1 aromatic rings. The van der Waals surface area contributed by atoms with Gasteiger partial charge in [0, 0.05) is 12.3 Å². The van der Waals surface area contributed by atoms with Gasteiger partial charge in [-0.05, 0) is 37.0 Å². The Bertz CT molecular complexity index is 506. The highest BCUT2D eigenvalue weighted by molar-refractivity contribution is 7.99. The van der Waals surface area contributed by atoms with Gasteiger partial charge in [0.15, 0.2) is 0 Å². The number of benzene rings is 1. The summed E-state index contributed by atoms with van der Waals surface area (Å²) in [6.45, 7) is 0.521. The van der Waals surface area contributed by atoms with Gasteiger partial charge in [0.2, 0.25) is 5.91 Å². The molecular weight excluding hydrogens is 293 g/mol. The van der Waals surface area contributed by atoms with Crippen molar-refractivity contribution in [2.45, 2.75) is 31.1 Å². The van der Waals surface area contributed by atoms with Crippen LogP contribution in [0.25, 0.3) is 0 Å². The molecule has 1 heterocycles. The van der Waals surface area contributed by atoms with E-state index in [0.29, 0.717) is 18.7 Å². The van der Waals surface area contributed by atoms with Gasteiger partial charge in [0.25, 0.3) is 0 Å². The van der Waals surface area contributed by atoms with Crippen molar-refractivity contribution in [1.82, 2.24) is 4.90 Å². The lowest BCUT2D eigenvalue weighted by atomic mass is 10.0. The van der Waals surface area contributed by atoms with Crippen LogP contribution < -0.4 is 0 Å². The Morgan fingerprint density at radius 1 is 1.29 bits per heavy atom. The van der Waals surface area contributed by atoms with E-state index >= 15 is 0 Å². The third kappa shape index (κ3) is 4.46. The van der Waals surface area contributed by atoms with Crippen molar-refractivity contribution < 1.29 is 19.1 Å². The van der Waals surface area contributed by atoms with Crippen LogP contribution in [0.4, 0.5) is 4.39 Å². The van der Waals surface area contributed by atoms with Gasteiger partial charge in [0.05, 0.1) is 5.75 Å². The summed E-state index contributed by atoms with van der Waals surface area (Å²) in [7, 11) is 0. The van der Waals surface area contributed by atoms with Gasteiger partial charge in [-0.15, -0.1) is 11.8 Å². The maximum atomic E-state index is 12.8. The molecule has 4 nitrogen and oxygen atoms in total. The zero-order valence-electron chi connectivity index (χ0n) is 11.6. The van der Waals surface area contributed by atoms with Crippen molar-refractivity contribution in [2.75, 3.05) is 12.3 Å². The largest absolute Gasteiger partial charge is 0.480 e. The predicted octanol–water partition coefficient (Wildman–Crippen LogP) is 2.52. The van der Waals surface area contributed by atoms with Crippen molar-refractivity contribution in [2.24, 2.45) is 0 Å². The number of hydrogen-bond acceptors (Lipinski definition) is 3. The molecule has 1 aliphatic heterocycles. The molecule has 21 heavy (non-hydrogen) atoms. The Labute approximate surface area is 127 Å². The smallest absolute Gasteiger partial charge is 0.326 e. The molecule has 2 rings (SSSR count). The predicted molar refractivity (Wildman–Crippen MR) is 79.5 cm³/mol. The third-order valence-corrected chi connectivity index (χ3v) is 4.50. The van der Waals surface area contributed by atoms with Crippen LogP contribution in [0.5, 0.6) is 0 Å². The van der Waals surface area contributed by atoms with E-state index in [0.717, 1.165) is 18.4 Å². The molecular formula is C15H18FNO3S. The van der Waals surface area contributed by atoms with E-state index in [4.69, 9.17) is 5.11 Å². The summed E-state index contributed by atoms with van der Waals surface area (Å²) in [5.74, 6) is -0.475. The molecule has 0 radical (unpaired) electrons. The fourth-order valence-electron chi connectivity index (χ4n) is 2.41. The molecule has 1 aromatic carbocycles. The lowest BCUT2D eigenvalue weighted by Gasteiger charge is -2.32. The van der Waals surface area contributed by atoms with Crippen LogP contribution in [-0.4, -0.2) is 40.2 Å². The van der Waals surface area contributed by atoms with E-state index in [1.54, 1.807) is 12.1 Å². The van der Waals surface area contributed by atoms with Crippen molar-refractivity contribution in [3.05, 3.63) is 35.6 Å². The van der Waals surface area contributed by atoms with Crippen LogP contribution in [0.3, 0.4) is 0 Å². The van der Waals surface area contributed by atoms with Gasteiger partial charge in [-0.25, -0.2) is 9.18 Å². The molecule has 1 atom stereocenters. The Hall–Kier alpha value is -1.56. The Balaban J connectivity index is 1.83. The first-order valence-corrected chi connectivity index (χ1v) is 8.08. The number of nitrogens with zero attached hydrogens (tertiary/aromatic N) is 1. The molecule has 0 aliphatic carbocycles. The summed E-state index contributed by atoms with van der Waals surface area (Å²) < 4.78 is 12.8. The highest BCUT2D eigenvalue weighted by atomic mass is 32.2. The monoisotopic (exact) mass is 311 g/mol. The number of aliphatic carboxylic acids is 1. The summed E-state index contributed by atoms with van der Waals surface area (Å²) in [6.07, 6.45) is 2.24. The Kier molecular flexibility index (Phi) is 5.61. The summed E-state index contributed by atoms with van der Waals surface area (Å²) in [4.78, 5) is 24.8. The first kappa shape index (κ1) is 15.8. The SMILES string of the molecule is O=C(O)[C@H]1CCCCN1C(=O)CSCc1ccc(F)cc1. The molecule has 0 saturated carbocycles. The highest BCUT2D eigenvalue weighted by Crippen LogP contribution is 2.20. The van der Waals surface area contributed by atoms with Crippen molar-refractivity contribution in [1.29, 1.82) is 0 Å². The topological polar surface area (TPSA) is 57.6 Å². The molecule has 1 amide bonds. The molecule has 0 unspecified atom stereocenters. The molecule has 0 bridgehead atoms. The maximum absolute atomic E-state index is 12.8. The first-order valence-electron chi connectivity index (χ1n) is 6.92. The van der Waals surface area contributed by atoms with E-state index in [1.807, 2.05) is 0 Å². The lowest BCUT2D eigenvalue weighted by Crippen LogP contribution is -2.48. The molecule has 114 valence electrons. The summed E-state index contributed by atoms with van der Waals surface area (Å²) >= 11 is 1.42. The zero-order valence-corrected chi connectivity index (χ0v) is 12.4. The number of amides is 1. The van der Waals surface area contributed by atoms with Crippen LogP contribution in [-0.2, 0) is 15.3 Å². The van der Waals surface area contributed by atoms with Gasteiger partial charge in [-0.1, -0.05) is 12.1 Å². The minimum Gasteiger partial charge on any atom is -0.480 e. The summed E-state index contributed by atoms with van der Waals surface area (Å²) in [6, 6.07) is 5.48. The molecule has 1 aliphatic rings. The second-order valence-corrected chi connectivity index (χ2v) is 6.04. The summed E-state index contributed by atoms with van der Waals surface area (Å²) in [5.41, 5.74) is 0.947. The van der Waals surface area contributed by atoms with Crippen LogP contribution in [0.15, 0.2) is 24.3 Å². The lowest BCUT2D eigenvalue weighted by molar-refractivity contribution is -0.150.